The molecule has 8 heteroatoms. The lowest BCUT2D eigenvalue weighted by Gasteiger charge is -1.99. The van der Waals surface area contributed by atoms with E-state index in [1.807, 2.05) is 36.4 Å². The molecule has 8 nitrogen and oxygen atoms in total. The van der Waals surface area contributed by atoms with Gasteiger partial charge in [0.15, 0.2) is 23.0 Å². The van der Waals surface area contributed by atoms with Crippen LogP contribution in [0.3, 0.4) is 0 Å². The molecule has 0 bridgehead atoms. The van der Waals surface area contributed by atoms with Crippen LogP contribution in [-0.2, 0) is 11.3 Å². The summed E-state index contributed by atoms with van der Waals surface area (Å²) in [5, 5.41) is 3.93. The Kier molecular flexibility index (Phi) is 4.21. The molecule has 0 saturated carbocycles. The van der Waals surface area contributed by atoms with Crippen LogP contribution in [0.25, 0.3) is 22.6 Å². The Morgan fingerprint density at radius 3 is 2.72 bits per heavy atom. The predicted molar refractivity (Wildman–Crippen MR) is 99.1 cm³/mol. The van der Waals surface area contributed by atoms with Crippen molar-refractivity contribution in [2.45, 2.75) is 6.61 Å². The van der Waals surface area contributed by atoms with E-state index in [1.165, 1.54) is 6.20 Å². The summed E-state index contributed by atoms with van der Waals surface area (Å²) in [4.78, 5) is 16.2. The number of rotatable bonds is 5. The Morgan fingerprint density at radius 1 is 0.966 bits per heavy atom. The number of fused-ring (bicyclic) bond motifs is 1. The largest absolute Gasteiger partial charge is 0.454 e. The zero-order valence-electron chi connectivity index (χ0n) is 15.0. The van der Waals surface area contributed by atoms with Crippen LogP contribution in [0.4, 0.5) is 0 Å². The highest BCUT2D eigenvalue weighted by Crippen LogP contribution is 2.36. The van der Waals surface area contributed by atoms with E-state index in [0.29, 0.717) is 28.7 Å². The summed E-state index contributed by atoms with van der Waals surface area (Å²) in [6.45, 7) is 0.124. The van der Waals surface area contributed by atoms with Crippen LogP contribution in [0.2, 0.25) is 0 Å². The molecule has 0 radical (unpaired) electrons. The Bertz CT molecular complexity index is 1160. The van der Waals surface area contributed by atoms with Gasteiger partial charge >= 0.3 is 11.9 Å². The maximum absolute atomic E-state index is 12.2. The highest BCUT2D eigenvalue weighted by atomic mass is 16.7. The minimum absolute atomic E-state index is 0.0735. The third kappa shape index (κ3) is 3.43. The van der Waals surface area contributed by atoms with E-state index in [4.69, 9.17) is 23.2 Å². The number of hydrogen-bond acceptors (Lipinski definition) is 8. The molecule has 0 N–H and O–H groups in total. The second-order valence-corrected chi connectivity index (χ2v) is 6.22. The first-order valence-electron chi connectivity index (χ1n) is 8.80. The van der Waals surface area contributed by atoms with Crippen molar-refractivity contribution in [1.29, 1.82) is 0 Å². The van der Waals surface area contributed by atoms with Crippen molar-refractivity contribution in [3.05, 3.63) is 72.4 Å². The van der Waals surface area contributed by atoms with Crippen molar-refractivity contribution < 1.29 is 27.9 Å². The Labute approximate surface area is 164 Å². The first kappa shape index (κ1) is 17.1. The molecule has 0 amide bonds. The number of hydrogen-bond donors (Lipinski definition) is 0. The number of nitrogens with zero attached hydrogens (tertiary/aromatic N) is 2. The third-order valence-corrected chi connectivity index (χ3v) is 4.31. The van der Waals surface area contributed by atoms with Gasteiger partial charge in [-0.2, -0.15) is 0 Å². The standard InChI is InChI=1S/C21H14N2O6/c24-21(20-22-10-19(28-20)13-4-2-1-3-5-13)25-11-15-9-17(29-23-15)14-6-7-16-18(8-14)27-12-26-16/h1-10H,11-12H2. The van der Waals surface area contributed by atoms with E-state index in [-0.39, 0.29) is 19.3 Å². The van der Waals surface area contributed by atoms with Crippen molar-refractivity contribution in [3.63, 3.8) is 0 Å². The fourth-order valence-corrected chi connectivity index (χ4v) is 2.87. The summed E-state index contributed by atoms with van der Waals surface area (Å²) in [7, 11) is 0. The molecule has 0 fully saturated rings. The van der Waals surface area contributed by atoms with Crippen LogP contribution in [0.5, 0.6) is 11.5 Å². The van der Waals surface area contributed by atoms with Crippen molar-refractivity contribution in [2.75, 3.05) is 6.79 Å². The van der Waals surface area contributed by atoms with Crippen molar-refractivity contribution in [1.82, 2.24) is 10.1 Å². The van der Waals surface area contributed by atoms with Crippen LogP contribution >= 0.6 is 0 Å². The molecule has 4 aromatic rings. The molecule has 3 heterocycles. The average molecular weight is 390 g/mol. The van der Waals surface area contributed by atoms with E-state index in [0.717, 1.165) is 11.1 Å². The molecule has 0 atom stereocenters. The zero-order valence-corrected chi connectivity index (χ0v) is 15.0. The lowest BCUT2D eigenvalue weighted by molar-refractivity contribution is 0.0419. The minimum Gasteiger partial charge on any atom is -0.454 e. The summed E-state index contributed by atoms with van der Waals surface area (Å²) >= 11 is 0. The molecule has 0 saturated heterocycles. The fourth-order valence-electron chi connectivity index (χ4n) is 2.87. The summed E-state index contributed by atoms with van der Waals surface area (Å²) in [5.41, 5.74) is 2.06. The van der Waals surface area contributed by atoms with Gasteiger partial charge < -0.3 is 23.2 Å². The topological polar surface area (TPSA) is 96.8 Å². The smallest absolute Gasteiger partial charge is 0.395 e. The molecule has 0 spiro atoms. The first-order chi connectivity index (χ1) is 14.3. The molecular formula is C21H14N2O6. The van der Waals surface area contributed by atoms with Gasteiger partial charge in [-0.05, 0) is 18.2 Å². The lowest BCUT2D eigenvalue weighted by Crippen LogP contribution is -2.05. The van der Waals surface area contributed by atoms with E-state index in [9.17, 15) is 4.79 Å². The van der Waals surface area contributed by atoms with Gasteiger partial charge in [0, 0.05) is 17.2 Å². The van der Waals surface area contributed by atoms with E-state index >= 15 is 0 Å². The summed E-state index contributed by atoms with van der Waals surface area (Å²) in [6, 6.07) is 16.5. The third-order valence-electron chi connectivity index (χ3n) is 4.31. The number of ether oxygens (including phenoxy) is 3. The highest BCUT2D eigenvalue weighted by Gasteiger charge is 2.18. The molecular weight excluding hydrogens is 376 g/mol. The van der Waals surface area contributed by atoms with Gasteiger partial charge in [-0.1, -0.05) is 35.5 Å². The zero-order chi connectivity index (χ0) is 19.6. The summed E-state index contributed by atoms with van der Waals surface area (Å²) in [5.74, 6) is 1.54. The molecule has 29 heavy (non-hydrogen) atoms. The van der Waals surface area contributed by atoms with Crippen LogP contribution in [0, 0.1) is 0 Å². The van der Waals surface area contributed by atoms with Crippen molar-refractivity contribution in [2.24, 2.45) is 0 Å². The van der Waals surface area contributed by atoms with E-state index in [1.54, 1.807) is 18.2 Å². The molecule has 5 rings (SSSR count). The first-order valence-corrected chi connectivity index (χ1v) is 8.80. The van der Waals surface area contributed by atoms with Crippen LogP contribution in [0.15, 0.2) is 69.7 Å². The van der Waals surface area contributed by atoms with Gasteiger partial charge in [0.1, 0.15) is 12.3 Å². The number of carbonyl (C=O) groups excluding carboxylic acids is 1. The molecule has 2 aromatic carbocycles. The fraction of sp³-hybridized carbons (Fsp3) is 0.0952. The van der Waals surface area contributed by atoms with Gasteiger partial charge in [-0.3, -0.25) is 0 Å². The quantitative estimate of drug-likeness (QED) is 0.470. The second-order valence-electron chi connectivity index (χ2n) is 6.22. The maximum atomic E-state index is 12.2. The second kappa shape index (κ2) is 7.16. The Morgan fingerprint density at radius 2 is 1.83 bits per heavy atom. The number of esters is 1. The van der Waals surface area contributed by atoms with Crippen LogP contribution < -0.4 is 9.47 Å². The highest BCUT2D eigenvalue weighted by molar-refractivity contribution is 5.84. The van der Waals surface area contributed by atoms with Crippen molar-refractivity contribution >= 4 is 5.97 Å². The summed E-state index contributed by atoms with van der Waals surface area (Å²) in [6.07, 6.45) is 1.49. The number of aromatic nitrogens is 2. The molecule has 2 aromatic heterocycles. The summed E-state index contributed by atoms with van der Waals surface area (Å²) < 4.78 is 26.7. The predicted octanol–water partition coefficient (Wildman–Crippen LogP) is 4.08. The molecule has 144 valence electrons. The SMILES string of the molecule is O=C(OCc1cc(-c2ccc3c(c2)OCO3)on1)c1ncc(-c2ccccc2)o1. The Balaban J connectivity index is 1.24. The molecule has 0 aliphatic carbocycles. The number of oxazole rings is 1. The van der Waals surface area contributed by atoms with Crippen LogP contribution in [0.1, 0.15) is 16.4 Å². The normalized spacial score (nSPS) is 12.1. The molecule has 1 aliphatic rings. The molecule has 1 aliphatic heterocycles. The Hall–Kier alpha value is -4.07. The number of benzene rings is 2. The van der Waals surface area contributed by atoms with Gasteiger partial charge in [0.2, 0.25) is 6.79 Å². The van der Waals surface area contributed by atoms with E-state index in [2.05, 4.69) is 10.1 Å². The number of carbonyl (C=O) groups is 1. The van der Waals surface area contributed by atoms with Crippen LogP contribution in [-0.4, -0.2) is 22.9 Å². The van der Waals surface area contributed by atoms with Gasteiger partial charge in [-0.25, -0.2) is 9.78 Å². The van der Waals surface area contributed by atoms with Gasteiger partial charge in [0.25, 0.3) is 0 Å². The van der Waals surface area contributed by atoms with Gasteiger partial charge in [-0.15, -0.1) is 0 Å². The molecule has 0 unspecified atom stereocenters. The minimum atomic E-state index is -0.681. The van der Waals surface area contributed by atoms with Gasteiger partial charge in [0.05, 0.1) is 6.20 Å². The average Bonchev–Trinajstić information content (AvgIpc) is 3.52. The monoisotopic (exact) mass is 390 g/mol. The lowest BCUT2D eigenvalue weighted by atomic mass is 10.1. The van der Waals surface area contributed by atoms with E-state index < -0.39 is 5.97 Å². The van der Waals surface area contributed by atoms with Crippen molar-refractivity contribution in [3.8, 4) is 34.1 Å². The maximum Gasteiger partial charge on any atom is 0.395 e.